The van der Waals surface area contributed by atoms with Crippen LogP contribution in [-0.4, -0.2) is 40.5 Å². The largest absolute Gasteiger partial charge is 0.339 e. The molecular formula is C24H23N5O3S. The number of hydrogen-bond donors (Lipinski definition) is 0. The normalized spacial score (nSPS) is 15.6. The van der Waals surface area contributed by atoms with Gasteiger partial charge in [0.05, 0.1) is 22.0 Å². The van der Waals surface area contributed by atoms with Crippen molar-refractivity contribution in [3.05, 3.63) is 88.9 Å². The van der Waals surface area contributed by atoms with Crippen molar-refractivity contribution in [2.45, 2.75) is 24.7 Å². The number of anilines is 2. The molecule has 5 rings (SSSR count). The summed E-state index contributed by atoms with van der Waals surface area (Å²) in [5, 5.41) is 8.71. The molecule has 9 heteroatoms. The molecule has 0 bridgehead atoms. The fraction of sp³-hybridized carbons (Fsp3) is 0.208. The monoisotopic (exact) mass is 461 g/mol. The summed E-state index contributed by atoms with van der Waals surface area (Å²) in [7, 11) is -3.30. The minimum atomic E-state index is -3.30. The highest BCUT2D eigenvalue weighted by Gasteiger charge is 2.28. The second-order valence-corrected chi connectivity index (χ2v) is 10.3. The van der Waals surface area contributed by atoms with Crippen LogP contribution in [0.15, 0.2) is 76.6 Å². The van der Waals surface area contributed by atoms with Crippen molar-refractivity contribution in [3.63, 3.8) is 0 Å². The van der Waals surface area contributed by atoms with Gasteiger partial charge in [-0.25, -0.2) is 8.42 Å². The molecule has 0 saturated carbocycles. The summed E-state index contributed by atoms with van der Waals surface area (Å²) in [6, 6.07) is 17.8. The second-order valence-electron chi connectivity index (χ2n) is 8.30. The van der Waals surface area contributed by atoms with Crippen LogP contribution in [0.4, 0.5) is 11.4 Å². The van der Waals surface area contributed by atoms with Gasteiger partial charge >= 0.3 is 0 Å². The first-order chi connectivity index (χ1) is 15.7. The maximum atomic E-state index is 12.5. The van der Waals surface area contributed by atoms with Gasteiger partial charge in [-0.3, -0.25) is 13.9 Å². The molecule has 2 aromatic carbocycles. The molecular weight excluding hydrogens is 438 g/mol. The van der Waals surface area contributed by atoms with E-state index in [1.54, 1.807) is 29.0 Å². The highest BCUT2D eigenvalue weighted by molar-refractivity contribution is 7.90. The van der Waals surface area contributed by atoms with Crippen LogP contribution in [0, 0.1) is 6.92 Å². The minimum absolute atomic E-state index is 0.0519. The summed E-state index contributed by atoms with van der Waals surface area (Å²) in [5.74, 6) is 1.68. The van der Waals surface area contributed by atoms with Gasteiger partial charge in [-0.1, -0.05) is 13.0 Å². The maximum absolute atomic E-state index is 12.5. The number of hydrogen-bond acceptors (Lipinski definition) is 6. The van der Waals surface area contributed by atoms with Crippen LogP contribution in [0.3, 0.4) is 0 Å². The third kappa shape index (κ3) is 3.64. The third-order valence-corrected chi connectivity index (χ3v) is 7.04. The Morgan fingerprint density at radius 3 is 2.36 bits per heavy atom. The molecule has 0 spiro atoms. The molecule has 1 atom stereocenters. The van der Waals surface area contributed by atoms with Crippen molar-refractivity contribution >= 4 is 21.2 Å². The molecule has 0 unspecified atom stereocenters. The molecule has 0 saturated heterocycles. The van der Waals surface area contributed by atoms with Gasteiger partial charge in [-0.15, -0.1) is 10.2 Å². The molecule has 1 aliphatic rings. The zero-order chi connectivity index (χ0) is 23.3. The summed E-state index contributed by atoms with van der Waals surface area (Å²) in [4.78, 5) is 14.9. The van der Waals surface area contributed by atoms with Crippen molar-refractivity contribution in [2.75, 3.05) is 17.7 Å². The van der Waals surface area contributed by atoms with E-state index in [0.717, 1.165) is 34.4 Å². The first-order valence-corrected chi connectivity index (χ1v) is 12.5. The Morgan fingerprint density at radius 2 is 1.67 bits per heavy atom. The Balaban J connectivity index is 1.73. The van der Waals surface area contributed by atoms with Crippen LogP contribution >= 0.6 is 0 Å². The van der Waals surface area contributed by atoms with Gasteiger partial charge < -0.3 is 4.90 Å². The number of fused-ring (bicyclic) bond motifs is 3. The van der Waals surface area contributed by atoms with Crippen molar-refractivity contribution in [1.29, 1.82) is 0 Å². The highest BCUT2D eigenvalue weighted by atomic mass is 32.2. The van der Waals surface area contributed by atoms with E-state index in [1.807, 2.05) is 47.9 Å². The quantitative estimate of drug-likeness (QED) is 0.465. The molecule has 0 N–H and O–H groups in total. The van der Waals surface area contributed by atoms with Crippen LogP contribution in [0.25, 0.3) is 11.4 Å². The van der Waals surface area contributed by atoms with Gasteiger partial charge in [0.25, 0.3) is 5.56 Å². The SMILES string of the molecule is Cc1nnc2n1-c1ccc(-n3ccccc3=O)cc1N(c1ccc(S(C)(=O)=O)cc1)C[C@H]2C. The molecule has 33 heavy (non-hydrogen) atoms. The summed E-state index contributed by atoms with van der Waals surface area (Å²) in [5.41, 5.74) is 3.24. The predicted octanol–water partition coefficient (Wildman–Crippen LogP) is 3.39. The molecule has 1 aliphatic heterocycles. The molecule has 168 valence electrons. The van der Waals surface area contributed by atoms with Crippen molar-refractivity contribution in [2.24, 2.45) is 0 Å². The van der Waals surface area contributed by atoms with Gasteiger partial charge in [-0.2, -0.15) is 0 Å². The first kappa shape index (κ1) is 21.1. The van der Waals surface area contributed by atoms with Crippen LogP contribution in [0.5, 0.6) is 0 Å². The van der Waals surface area contributed by atoms with Gasteiger partial charge in [0, 0.05) is 36.7 Å². The Labute approximate surface area is 191 Å². The number of pyridine rings is 1. The number of benzene rings is 2. The van der Waals surface area contributed by atoms with Crippen LogP contribution in [0.1, 0.15) is 24.5 Å². The van der Waals surface area contributed by atoms with Crippen LogP contribution in [0.2, 0.25) is 0 Å². The maximum Gasteiger partial charge on any atom is 0.255 e. The zero-order valence-electron chi connectivity index (χ0n) is 18.5. The van der Waals surface area contributed by atoms with Crippen LogP contribution in [-0.2, 0) is 9.84 Å². The molecule has 2 aromatic heterocycles. The summed E-state index contributed by atoms with van der Waals surface area (Å²) in [6.45, 7) is 4.61. The standard InChI is InChI=1S/C24H23N5O3S/c1-16-15-28(18-7-10-20(11-8-18)33(3,31)32)22-14-19(27-13-5-4-6-23(27)30)9-12-21(22)29-17(2)25-26-24(16)29/h4-14,16H,15H2,1-3H3/t16-/m1/s1. The Bertz CT molecular complexity index is 1520. The Morgan fingerprint density at radius 1 is 0.939 bits per heavy atom. The summed E-state index contributed by atoms with van der Waals surface area (Å²) < 4.78 is 27.5. The lowest BCUT2D eigenvalue weighted by atomic mass is 10.1. The van der Waals surface area contributed by atoms with E-state index >= 15 is 0 Å². The first-order valence-electron chi connectivity index (χ1n) is 10.6. The van der Waals surface area contributed by atoms with Gasteiger partial charge in [0.1, 0.15) is 11.6 Å². The Hall–Kier alpha value is -3.72. The third-order valence-electron chi connectivity index (χ3n) is 5.91. The van der Waals surface area contributed by atoms with Crippen molar-refractivity contribution < 1.29 is 8.42 Å². The summed E-state index contributed by atoms with van der Waals surface area (Å²) >= 11 is 0. The van der Waals surface area contributed by atoms with Crippen molar-refractivity contribution in [1.82, 2.24) is 19.3 Å². The Kier molecular flexibility index (Phi) is 4.93. The van der Waals surface area contributed by atoms with E-state index in [-0.39, 0.29) is 16.4 Å². The average Bonchev–Trinajstić information content (AvgIpc) is 3.12. The number of rotatable bonds is 3. The van der Waals surface area contributed by atoms with Crippen LogP contribution < -0.4 is 10.5 Å². The summed E-state index contributed by atoms with van der Waals surface area (Å²) in [6.07, 6.45) is 2.94. The predicted molar refractivity (Wildman–Crippen MR) is 127 cm³/mol. The number of sulfone groups is 1. The molecule has 0 amide bonds. The molecule has 4 aromatic rings. The molecule has 3 heterocycles. The van der Waals surface area contributed by atoms with E-state index < -0.39 is 9.84 Å². The average molecular weight is 462 g/mol. The number of nitrogens with zero attached hydrogens (tertiary/aromatic N) is 5. The lowest BCUT2D eigenvalue weighted by Gasteiger charge is -2.27. The van der Waals surface area contributed by atoms with Gasteiger partial charge in [0.15, 0.2) is 9.84 Å². The zero-order valence-corrected chi connectivity index (χ0v) is 19.3. The van der Waals surface area contributed by atoms with E-state index in [9.17, 15) is 13.2 Å². The highest BCUT2D eigenvalue weighted by Crippen LogP contribution is 2.39. The molecule has 0 fully saturated rings. The lowest BCUT2D eigenvalue weighted by molar-refractivity contribution is 0.602. The smallest absolute Gasteiger partial charge is 0.255 e. The molecule has 0 aliphatic carbocycles. The topological polar surface area (TPSA) is 90.1 Å². The van der Waals surface area contributed by atoms with E-state index in [1.165, 1.54) is 12.3 Å². The lowest BCUT2D eigenvalue weighted by Crippen LogP contribution is -2.22. The number of aromatic nitrogens is 4. The van der Waals surface area contributed by atoms with E-state index in [0.29, 0.717) is 6.54 Å². The fourth-order valence-corrected chi connectivity index (χ4v) is 4.91. The molecule has 8 nitrogen and oxygen atoms in total. The van der Waals surface area contributed by atoms with E-state index in [2.05, 4.69) is 22.0 Å². The van der Waals surface area contributed by atoms with E-state index in [4.69, 9.17) is 0 Å². The molecule has 0 radical (unpaired) electrons. The van der Waals surface area contributed by atoms with Crippen molar-refractivity contribution in [3.8, 4) is 11.4 Å². The van der Waals surface area contributed by atoms with Gasteiger partial charge in [-0.05, 0) is 55.5 Å². The second kappa shape index (κ2) is 7.70. The number of aryl methyl sites for hydroxylation is 1. The fourth-order valence-electron chi connectivity index (χ4n) is 4.27. The minimum Gasteiger partial charge on any atom is -0.339 e. The van der Waals surface area contributed by atoms with Gasteiger partial charge in [0.2, 0.25) is 0 Å².